The van der Waals surface area contributed by atoms with E-state index >= 15 is 0 Å². The van der Waals surface area contributed by atoms with Crippen LogP contribution in [0.3, 0.4) is 0 Å². The molecule has 0 saturated heterocycles. The van der Waals surface area contributed by atoms with Crippen LogP contribution in [-0.4, -0.2) is 46.1 Å². The molecule has 0 saturated carbocycles. The van der Waals surface area contributed by atoms with Gasteiger partial charge >= 0.3 is 12.1 Å². The molecule has 0 rings (SSSR count). The lowest BCUT2D eigenvalue weighted by molar-refractivity contribution is -0.142. The van der Waals surface area contributed by atoms with Crippen LogP contribution in [0.1, 0.15) is 20.8 Å². The summed E-state index contributed by atoms with van der Waals surface area (Å²) in [6.45, 7) is 17.8. The van der Waals surface area contributed by atoms with Gasteiger partial charge in [0, 0.05) is 0 Å². The van der Waals surface area contributed by atoms with Crippen molar-refractivity contribution in [2.75, 3.05) is 6.54 Å². The van der Waals surface area contributed by atoms with E-state index in [1.54, 1.807) is 20.8 Å². The van der Waals surface area contributed by atoms with Crippen molar-refractivity contribution in [2.24, 2.45) is 0 Å². The molecular formula is C16H31NO4Si2. The van der Waals surface area contributed by atoms with Crippen molar-refractivity contribution in [3.05, 3.63) is 0 Å². The van der Waals surface area contributed by atoms with Gasteiger partial charge in [0.2, 0.25) is 0 Å². The zero-order valence-corrected chi connectivity index (χ0v) is 17.9. The highest BCUT2D eigenvalue weighted by atomic mass is 28.3. The third kappa shape index (κ3) is 11.9. The van der Waals surface area contributed by atoms with Gasteiger partial charge in [-0.2, -0.15) is 0 Å². The predicted octanol–water partition coefficient (Wildman–Crippen LogP) is 3.18. The van der Waals surface area contributed by atoms with Crippen LogP contribution in [0.5, 0.6) is 0 Å². The van der Waals surface area contributed by atoms with Gasteiger partial charge in [0.25, 0.3) is 0 Å². The second-order valence-corrected chi connectivity index (χ2v) is 18.6. The molecule has 0 aromatic heterocycles. The quantitative estimate of drug-likeness (QED) is 0.477. The molecule has 1 amide bonds. The summed E-state index contributed by atoms with van der Waals surface area (Å²) in [6, 6.07) is 0. The Kier molecular flexibility index (Phi) is 7.58. The maximum Gasteiger partial charge on any atom is 0.408 e. The van der Waals surface area contributed by atoms with E-state index in [4.69, 9.17) is 9.47 Å². The van der Waals surface area contributed by atoms with Gasteiger partial charge in [-0.05, 0) is 20.8 Å². The molecule has 0 unspecified atom stereocenters. The molecule has 0 heterocycles. The Labute approximate surface area is 142 Å². The number of nitrogens with one attached hydrogen (secondary N) is 1. The number of ether oxygens (including phenoxy) is 2. The van der Waals surface area contributed by atoms with Crippen molar-refractivity contribution in [3.63, 3.8) is 0 Å². The molecule has 0 aliphatic carbocycles. The van der Waals surface area contributed by atoms with Crippen molar-refractivity contribution in [1.82, 2.24) is 5.32 Å². The van der Waals surface area contributed by atoms with E-state index in [-0.39, 0.29) is 12.3 Å². The Bertz CT molecular complexity index is 487. The molecule has 0 aliphatic heterocycles. The first-order chi connectivity index (χ1) is 10.1. The Balaban J connectivity index is 4.68. The third-order valence-corrected chi connectivity index (χ3v) is 5.12. The zero-order chi connectivity index (χ0) is 18.5. The standard InChI is InChI=1S/C16H31NO4Si2/c1-16(2,3)21-15(19)17-12-13(18)20-14(23(7,8)9)10-11-22(4,5)6/h14H,12H2,1-9H3,(H,17,19)/t14-/m0/s1. The summed E-state index contributed by atoms with van der Waals surface area (Å²) in [7, 11) is -3.31. The second-order valence-electron chi connectivity index (χ2n) is 8.61. The lowest BCUT2D eigenvalue weighted by Crippen LogP contribution is -2.43. The van der Waals surface area contributed by atoms with Crippen LogP contribution in [0.15, 0.2) is 0 Å². The van der Waals surface area contributed by atoms with Crippen LogP contribution in [0.2, 0.25) is 39.3 Å². The highest BCUT2D eigenvalue weighted by molar-refractivity contribution is 6.84. The highest BCUT2D eigenvalue weighted by Crippen LogP contribution is 2.12. The summed E-state index contributed by atoms with van der Waals surface area (Å²) < 4.78 is 10.6. The minimum atomic E-state index is -1.78. The number of rotatable bonds is 4. The fraction of sp³-hybridized carbons (Fsp3) is 0.750. The first kappa shape index (κ1) is 21.7. The summed E-state index contributed by atoms with van der Waals surface area (Å²) in [5, 5.41) is 2.41. The molecule has 0 radical (unpaired) electrons. The summed E-state index contributed by atoms with van der Waals surface area (Å²) >= 11 is 0. The van der Waals surface area contributed by atoms with Crippen LogP contribution in [0.25, 0.3) is 0 Å². The largest absolute Gasteiger partial charge is 0.452 e. The topological polar surface area (TPSA) is 64.6 Å². The number of amides is 1. The predicted molar refractivity (Wildman–Crippen MR) is 98.6 cm³/mol. The smallest absolute Gasteiger partial charge is 0.408 e. The van der Waals surface area contributed by atoms with E-state index in [1.165, 1.54) is 0 Å². The zero-order valence-electron chi connectivity index (χ0n) is 15.9. The van der Waals surface area contributed by atoms with E-state index in [0.717, 1.165) is 0 Å². The number of carbonyl (C=O) groups excluding carboxylic acids is 2. The molecule has 0 bridgehead atoms. The van der Waals surface area contributed by atoms with Crippen LogP contribution in [0.4, 0.5) is 4.79 Å². The average molecular weight is 358 g/mol. The number of hydrogen-bond donors (Lipinski definition) is 1. The number of carbonyl (C=O) groups is 2. The van der Waals surface area contributed by atoms with Crippen molar-refractivity contribution >= 4 is 28.2 Å². The Morgan fingerprint density at radius 1 is 1.09 bits per heavy atom. The minimum Gasteiger partial charge on any atom is -0.452 e. The molecule has 0 aliphatic rings. The maximum atomic E-state index is 12.0. The fourth-order valence-corrected chi connectivity index (χ4v) is 3.04. The van der Waals surface area contributed by atoms with E-state index in [2.05, 4.69) is 56.1 Å². The molecule has 0 aromatic carbocycles. The summed E-state index contributed by atoms with van der Waals surface area (Å²) in [4.78, 5) is 23.5. The van der Waals surface area contributed by atoms with Crippen molar-refractivity contribution in [2.45, 2.75) is 71.4 Å². The highest BCUT2D eigenvalue weighted by Gasteiger charge is 2.29. The van der Waals surface area contributed by atoms with Gasteiger partial charge in [0.05, 0.1) is 0 Å². The summed E-state index contributed by atoms with van der Waals surface area (Å²) in [5.74, 6) is 2.65. The van der Waals surface area contributed by atoms with Crippen LogP contribution in [-0.2, 0) is 14.3 Å². The first-order valence-electron chi connectivity index (χ1n) is 7.79. The monoisotopic (exact) mass is 357 g/mol. The maximum absolute atomic E-state index is 12.0. The number of hydrogen-bond acceptors (Lipinski definition) is 4. The summed E-state index contributed by atoms with van der Waals surface area (Å²) in [5.41, 5.74) is 2.29. The molecule has 132 valence electrons. The van der Waals surface area contributed by atoms with E-state index in [1.807, 2.05) is 0 Å². The molecule has 0 fully saturated rings. The van der Waals surface area contributed by atoms with E-state index in [9.17, 15) is 9.59 Å². The van der Waals surface area contributed by atoms with Gasteiger partial charge in [0.1, 0.15) is 34.0 Å². The van der Waals surface area contributed by atoms with Crippen LogP contribution >= 0.6 is 0 Å². The Morgan fingerprint density at radius 3 is 2.00 bits per heavy atom. The van der Waals surface area contributed by atoms with Gasteiger partial charge in [0.15, 0.2) is 0 Å². The number of alkyl carbamates (subject to hydrolysis) is 1. The van der Waals surface area contributed by atoms with Gasteiger partial charge in [-0.3, -0.25) is 4.79 Å². The second kappa shape index (κ2) is 8.02. The lowest BCUT2D eigenvalue weighted by atomic mass is 10.2. The molecular weight excluding hydrogens is 326 g/mol. The normalized spacial score (nSPS) is 13.4. The Hall–Kier alpha value is -1.27. The van der Waals surface area contributed by atoms with Crippen LogP contribution < -0.4 is 5.32 Å². The lowest BCUT2D eigenvalue weighted by Gasteiger charge is -2.25. The van der Waals surface area contributed by atoms with Crippen molar-refractivity contribution in [3.8, 4) is 11.5 Å². The third-order valence-electron chi connectivity index (χ3n) is 2.39. The average Bonchev–Trinajstić information content (AvgIpc) is 2.27. The number of esters is 1. The molecule has 5 nitrogen and oxygen atoms in total. The molecule has 0 aromatic rings. The van der Waals surface area contributed by atoms with E-state index < -0.39 is 33.8 Å². The Morgan fingerprint density at radius 2 is 1.61 bits per heavy atom. The van der Waals surface area contributed by atoms with Gasteiger partial charge < -0.3 is 14.8 Å². The molecule has 0 spiro atoms. The SMILES string of the molecule is CC(C)(C)OC(=O)NCC(=O)O[C@H](C#C[Si](C)(C)C)[Si](C)(C)C. The molecule has 23 heavy (non-hydrogen) atoms. The fourth-order valence-electron chi connectivity index (χ4n) is 1.34. The molecule has 1 atom stereocenters. The minimum absolute atomic E-state index is 0.218. The molecule has 1 N–H and O–H groups in total. The van der Waals surface area contributed by atoms with Gasteiger partial charge in [-0.15, -0.1) is 5.54 Å². The van der Waals surface area contributed by atoms with Gasteiger partial charge in [-0.25, -0.2) is 4.79 Å². The summed E-state index contributed by atoms with van der Waals surface area (Å²) in [6.07, 6.45) is -0.632. The van der Waals surface area contributed by atoms with Gasteiger partial charge in [-0.1, -0.05) is 45.2 Å². The van der Waals surface area contributed by atoms with Crippen molar-refractivity contribution < 1.29 is 19.1 Å². The van der Waals surface area contributed by atoms with E-state index in [0.29, 0.717) is 0 Å². The van der Waals surface area contributed by atoms with Crippen molar-refractivity contribution in [1.29, 1.82) is 0 Å². The molecule has 7 heteroatoms. The first-order valence-corrected chi connectivity index (χ1v) is 14.9. The van der Waals surface area contributed by atoms with Crippen LogP contribution in [0, 0.1) is 11.5 Å².